The third kappa shape index (κ3) is 3.67. The van der Waals surface area contributed by atoms with Crippen LogP contribution in [0.3, 0.4) is 0 Å². The maximum Gasteiger partial charge on any atom is 0.328 e. The van der Waals surface area contributed by atoms with E-state index in [0.29, 0.717) is 11.3 Å². The van der Waals surface area contributed by atoms with Crippen molar-refractivity contribution in [3.63, 3.8) is 0 Å². The summed E-state index contributed by atoms with van der Waals surface area (Å²) in [6, 6.07) is 3.88. The normalized spacial score (nSPS) is 10.5. The maximum absolute atomic E-state index is 13.3. The van der Waals surface area contributed by atoms with Gasteiger partial charge in [-0.3, -0.25) is 19.6 Å². The highest BCUT2D eigenvalue weighted by Gasteiger charge is 2.23. The van der Waals surface area contributed by atoms with Gasteiger partial charge in [0.2, 0.25) is 0 Å². The molecule has 8 nitrogen and oxygen atoms in total. The highest BCUT2D eigenvalue weighted by Crippen LogP contribution is 2.22. The van der Waals surface area contributed by atoms with Crippen molar-refractivity contribution in [2.24, 2.45) is 0 Å². The van der Waals surface area contributed by atoms with Gasteiger partial charge in [-0.05, 0) is 32.0 Å². The number of halogens is 1. The van der Waals surface area contributed by atoms with Crippen LogP contribution >= 0.6 is 0 Å². The number of nitrogens with zero attached hydrogens (tertiary/aromatic N) is 3. The number of methoxy groups -OCH3 is 1. The number of aromatic nitrogens is 2. The summed E-state index contributed by atoms with van der Waals surface area (Å²) < 4.78 is 24.6. The molecule has 0 atom stereocenters. The Hall–Kier alpha value is -2.97. The van der Waals surface area contributed by atoms with E-state index in [2.05, 4.69) is 5.10 Å². The Labute approximate surface area is 136 Å². The van der Waals surface area contributed by atoms with Crippen molar-refractivity contribution in [2.75, 3.05) is 7.11 Å². The molecule has 0 radical (unpaired) electrons. The molecule has 0 aliphatic heterocycles. The summed E-state index contributed by atoms with van der Waals surface area (Å²) in [6.07, 6.45) is 0. The van der Waals surface area contributed by atoms with Crippen molar-refractivity contribution in [1.29, 1.82) is 0 Å². The second-order valence-electron chi connectivity index (χ2n) is 5.05. The fourth-order valence-electron chi connectivity index (χ4n) is 2.29. The molecule has 24 heavy (non-hydrogen) atoms. The second kappa shape index (κ2) is 7.07. The zero-order valence-electron chi connectivity index (χ0n) is 13.4. The van der Waals surface area contributed by atoms with Crippen LogP contribution in [0.1, 0.15) is 17.0 Å². The van der Waals surface area contributed by atoms with E-state index < -0.39 is 16.7 Å². The Morgan fingerprint density at radius 3 is 2.71 bits per heavy atom. The molecule has 2 aromatic rings. The lowest BCUT2D eigenvalue weighted by atomic mass is 10.2. The van der Waals surface area contributed by atoms with E-state index >= 15 is 0 Å². The molecular weight excluding hydrogens is 321 g/mol. The smallest absolute Gasteiger partial charge is 0.328 e. The summed E-state index contributed by atoms with van der Waals surface area (Å²) in [6.45, 7) is 2.53. The Kier molecular flexibility index (Phi) is 5.12. The predicted molar refractivity (Wildman–Crippen MR) is 81.1 cm³/mol. The van der Waals surface area contributed by atoms with Gasteiger partial charge in [0.25, 0.3) is 0 Å². The van der Waals surface area contributed by atoms with Crippen LogP contribution in [0, 0.1) is 29.8 Å². The molecular formula is C15H16FN3O5. The van der Waals surface area contributed by atoms with Gasteiger partial charge in [-0.15, -0.1) is 0 Å². The van der Waals surface area contributed by atoms with Gasteiger partial charge in [0, 0.05) is 5.56 Å². The molecule has 0 fully saturated rings. The first kappa shape index (κ1) is 17.4. The van der Waals surface area contributed by atoms with Crippen LogP contribution in [0.2, 0.25) is 0 Å². The standard InChI is InChI=1S/C15H16FN3O5/c1-9-15(19(21)22)10(2)18(17-9)7-14(20)24-8-11-6-12(16)4-5-13(11)23-3/h4-6H,7-8H2,1-3H3. The molecule has 0 saturated carbocycles. The van der Waals surface area contributed by atoms with Crippen LogP contribution in [0.25, 0.3) is 0 Å². The molecule has 0 saturated heterocycles. The molecule has 0 spiro atoms. The minimum absolute atomic E-state index is 0.130. The van der Waals surface area contributed by atoms with E-state index in [0.717, 1.165) is 0 Å². The summed E-state index contributed by atoms with van der Waals surface area (Å²) in [5, 5.41) is 14.9. The van der Waals surface area contributed by atoms with Gasteiger partial charge in [0.05, 0.1) is 12.0 Å². The van der Waals surface area contributed by atoms with E-state index in [4.69, 9.17) is 9.47 Å². The Balaban J connectivity index is 2.06. The molecule has 0 N–H and O–H groups in total. The van der Waals surface area contributed by atoms with Gasteiger partial charge in [-0.25, -0.2) is 4.39 Å². The van der Waals surface area contributed by atoms with Crippen LogP contribution < -0.4 is 4.74 Å². The largest absolute Gasteiger partial charge is 0.496 e. The summed E-state index contributed by atoms with van der Waals surface area (Å²) in [7, 11) is 1.42. The number of hydrogen-bond donors (Lipinski definition) is 0. The Bertz CT molecular complexity index is 788. The third-order valence-corrected chi connectivity index (χ3v) is 3.44. The number of rotatable bonds is 6. The number of ether oxygens (including phenoxy) is 2. The molecule has 1 heterocycles. The minimum Gasteiger partial charge on any atom is -0.496 e. The van der Waals surface area contributed by atoms with Gasteiger partial charge < -0.3 is 9.47 Å². The van der Waals surface area contributed by atoms with E-state index in [-0.39, 0.29) is 30.2 Å². The first-order valence-electron chi connectivity index (χ1n) is 7.00. The average Bonchev–Trinajstić information content (AvgIpc) is 2.79. The topological polar surface area (TPSA) is 96.5 Å². The van der Waals surface area contributed by atoms with E-state index in [1.807, 2.05) is 0 Å². The molecule has 128 valence electrons. The van der Waals surface area contributed by atoms with Gasteiger partial charge >= 0.3 is 11.7 Å². The van der Waals surface area contributed by atoms with Gasteiger partial charge in [-0.1, -0.05) is 0 Å². The van der Waals surface area contributed by atoms with Crippen LogP contribution in [-0.4, -0.2) is 27.8 Å². The lowest BCUT2D eigenvalue weighted by Gasteiger charge is -2.10. The number of aryl methyl sites for hydroxylation is 1. The summed E-state index contributed by atoms with van der Waals surface area (Å²) in [5.41, 5.74) is 0.731. The van der Waals surface area contributed by atoms with E-state index in [1.165, 1.54) is 43.8 Å². The molecule has 0 bridgehead atoms. The molecule has 0 unspecified atom stereocenters. The Morgan fingerprint density at radius 2 is 2.12 bits per heavy atom. The first-order valence-corrected chi connectivity index (χ1v) is 7.00. The predicted octanol–water partition coefficient (Wildman–Crippen LogP) is 2.30. The maximum atomic E-state index is 13.3. The van der Waals surface area contributed by atoms with Crippen molar-refractivity contribution >= 4 is 11.7 Å². The molecule has 1 aromatic carbocycles. The van der Waals surface area contributed by atoms with Crippen molar-refractivity contribution < 1.29 is 23.6 Å². The summed E-state index contributed by atoms with van der Waals surface area (Å²) in [4.78, 5) is 22.3. The van der Waals surface area contributed by atoms with E-state index in [1.54, 1.807) is 0 Å². The van der Waals surface area contributed by atoms with Crippen molar-refractivity contribution in [3.05, 3.63) is 51.1 Å². The van der Waals surface area contributed by atoms with Crippen molar-refractivity contribution in [1.82, 2.24) is 9.78 Å². The molecule has 0 aliphatic rings. The van der Waals surface area contributed by atoms with Crippen LogP contribution in [0.5, 0.6) is 5.75 Å². The second-order valence-corrected chi connectivity index (χ2v) is 5.05. The van der Waals surface area contributed by atoms with Crippen molar-refractivity contribution in [2.45, 2.75) is 27.0 Å². The number of carbonyl (C=O) groups is 1. The number of hydrogen-bond acceptors (Lipinski definition) is 6. The molecule has 1 aromatic heterocycles. The monoisotopic (exact) mass is 337 g/mol. The lowest BCUT2D eigenvalue weighted by Crippen LogP contribution is -2.16. The van der Waals surface area contributed by atoms with E-state index in [9.17, 15) is 19.3 Å². The fraction of sp³-hybridized carbons (Fsp3) is 0.333. The molecule has 0 aliphatic carbocycles. The molecule has 2 rings (SSSR count). The van der Waals surface area contributed by atoms with Crippen LogP contribution in [-0.2, 0) is 22.7 Å². The fourth-order valence-corrected chi connectivity index (χ4v) is 2.29. The number of carbonyl (C=O) groups excluding carboxylic acids is 1. The van der Waals surface area contributed by atoms with Crippen LogP contribution in [0.4, 0.5) is 10.1 Å². The minimum atomic E-state index is -0.651. The Morgan fingerprint density at radius 1 is 1.42 bits per heavy atom. The summed E-state index contributed by atoms with van der Waals surface area (Å²) in [5.74, 6) is -0.733. The highest BCUT2D eigenvalue weighted by molar-refractivity contribution is 5.69. The third-order valence-electron chi connectivity index (χ3n) is 3.44. The lowest BCUT2D eigenvalue weighted by molar-refractivity contribution is -0.386. The molecule has 9 heteroatoms. The number of esters is 1. The van der Waals surface area contributed by atoms with Gasteiger partial charge in [0.15, 0.2) is 0 Å². The van der Waals surface area contributed by atoms with Gasteiger partial charge in [-0.2, -0.15) is 5.10 Å². The first-order chi connectivity index (χ1) is 11.3. The zero-order valence-corrected chi connectivity index (χ0v) is 13.4. The number of benzene rings is 1. The summed E-state index contributed by atoms with van der Waals surface area (Å²) >= 11 is 0. The van der Waals surface area contributed by atoms with Gasteiger partial charge in [0.1, 0.15) is 36.1 Å². The SMILES string of the molecule is COc1ccc(F)cc1COC(=O)Cn1nc(C)c([N+](=O)[O-])c1C. The average molecular weight is 337 g/mol. The number of nitro groups is 1. The van der Waals surface area contributed by atoms with Crippen LogP contribution in [0.15, 0.2) is 18.2 Å². The van der Waals surface area contributed by atoms with Crippen molar-refractivity contribution in [3.8, 4) is 5.75 Å². The zero-order chi connectivity index (χ0) is 17.9. The highest BCUT2D eigenvalue weighted by atomic mass is 19.1. The molecule has 0 amide bonds. The quantitative estimate of drug-likeness (QED) is 0.456.